The van der Waals surface area contributed by atoms with Crippen molar-refractivity contribution >= 4 is 17.5 Å². The average Bonchev–Trinajstić information content (AvgIpc) is 2.92. The second-order valence-corrected chi connectivity index (χ2v) is 7.11. The number of amides is 1. The van der Waals surface area contributed by atoms with Gasteiger partial charge in [-0.2, -0.15) is 0 Å². The Morgan fingerprint density at radius 2 is 2.08 bits per heavy atom. The molecule has 4 nitrogen and oxygen atoms in total. The van der Waals surface area contributed by atoms with Crippen LogP contribution in [0.15, 0.2) is 42.5 Å². The molecule has 0 aliphatic heterocycles. The van der Waals surface area contributed by atoms with E-state index in [4.69, 9.17) is 16.3 Å². The summed E-state index contributed by atoms with van der Waals surface area (Å²) in [5, 5.41) is 14.2. The van der Waals surface area contributed by atoms with Crippen molar-refractivity contribution in [1.82, 2.24) is 5.32 Å². The van der Waals surface area contributed by atoms with E-state index in [9.17, 15) is 9.90 Å². The number of nitrogens with one attached hydrogen (secondary N) is 1. The van der Waals surface area contributed by atoms with Crippen LogP contribution in [0.25, 0.3) is 0 Å². The fourth-order valence-corrected chi connectivity index (χ4v) is 3.38. The number of rotatable bonds is 5. The van der Waals surface area contributed by atoms with Gasteiger partial charge in [-0.1, -0.05) is 35.9 Å². The van der Waals surface area contributed by atoms with Crippen LogP contribution in [0.5, 0.6) is 5.75 Å². The third-order valence-corrected chi connectivity index (χ3v) is 4.65. The Morgan fingerprint density at radius 1 is 1.32 bits per heavy atom. The van der Waals surface area contributed by atoms with Gasteiger partial charge >= 0.3 is 0 Å². The lowest BCUT2D eigenvalue weighted by Gasteiger charge is -2.25. The Balaban J connectivity index is 1.77. The maximum absolute atomic E-state index is 12.6. The Labute approximate surface area is 152 Å². The van der Waals surface area contributed by atoms with Crippen LogP contribution >= 0.6 is 11.6 Å². The molecule has 2 aromatic rings. The van der Waals surface area contributed by atoms with Gasteiger partial charge in [0, 0.05) is 5.02 Å². The second kappa shape index (κ2) is 7.06. The first-order valence-corrected chi connectivity index (χ1v) is 8.82. The highest BCUT2D eigenvalue weighted by molar-refractivity contribution is 6.31. The molecule has 1 aliphatic carbocycles. The summed E-state index contributed by atoms with van der Waals surface area (Å²) in [5.74, 6) is 0.173. The number of carbonyl (C=O) groups is 1. The average molecular weight is 360 g/mol. The normalized spacial score (nSPS) is 18.9. The summed E-state index contributed by atoms with van der Waals surface area (Å²) in [6, 6.07) is 12.8. The van der Waals surface area contributed by atoms with Crippen LogP contribution in [-0.4, -0.2) is 23.7 Å². The van der Waals surface area contributed by atoms with Crippen molar-refractivity contribution in [1.29, 1.82) is 0 Å². The van der Waals surface area contributed by atoms with Crippen LogP contribution in [-0.2, 0) is 12.0 Å². The summed E-state index contributed by atoms with van der Waals surface area (Å²) in [6.45, 7) is 3.94. The van der Waals surface area contributed by atoms with Crippen LogP contribution in [0.1, 0.15) is 41.8 Å². The lowest BCUT2D eigenvalue weighted by molar-refractivity contribution is 0.0368. The van der Waals surface area contributed by atoms with Crippen LogP contribution in [0.3, 0.4) is 0 Å². The monoisotopic (exact) mass is 359 g/mol. The largest absolute Gasteiger partial charge is 0.490 e. The molecule has 132 valence electrons. The zero-order valence-electron chi connectivity index (χ0n) is 14.4. The van der Waals surface area contributed by atoms with E-state index in [1.165, 1.54) is 0 Å². The van der Waals surface area contributed by atoms with Crippen LogP contribution < -0.4 is 10.1 Å². The highest BCUT2D eigenvalue weighted by Gasteiger charge is 2.36. The third kappa shape index (κ3) is 3.80. The van der Waals surface area contributed by atoms with Crippen LogP contribution in [0.4, 0.5) is 0 Å². The van der Waals surface area contributed by atoms with Gasteiger partial charge in [-0.25, -0.2) is 0 Å². The number of carbonyl (C=O) groups excluding carboxylic acids is 1. The molecule has 0 bridgehead atoms. The first-order chi connectivity index (χ1) is 11.9. The second-order valence-electron chi connectivity index (χ2n) is 6.68. The van der Waals surface area contributed by atoms with Gasteiger partial charge in [-0.15, -0.1) is 0 Å². The minimum atomic E-state index is -1.04. The zero-order chi connectivity index (χ0) is 18.0. The van der Waals surface area contributed by atoms with Crippen molar-refractivity contribution in [2.75, 3.05) is 6.54 Å². The van der Waals surface area contributed by atoms with E-state index in [-0.39, 0.29) is 18.6 Å². The van der Waals surface area contributed by atoms with Gasteiger partial charge in [0.15, 0.2) is 0 Å². The minimum Gasteiger partial charge on any atom is -0.490 e. The van der Waals surface area contributed by atoms with Crippen molar-refractivity contribution in [2.45, 2.75) is 38.4 Å². The molecule has 0 spiro atoms. The van der Waals surface area contributed by atoms with E-state index in [1.807, 2.05) is 38.1 Å². The number of ether oxygens (including phenoxy) is 1. The minimum absolute atomic E-state index is 0.0568. The lowest BCUT2D eigenvalue weighted by atomic mass is 9.96. The smallest absolute Gasteiger partial charge is 0.255 e. The van der Waals surface area contributed by atoms with Crippen molar-refractivity contribution in [3.63, 3.8) is 0 Å². The quantitative estimate of drug-likeness (QED) is 0.856. The summed E-state index contributed by atoms with van der Waals surface area (Å²) in [4.78, 5) is 12.6. The van der Waals surface area contributed by atoms with Gasteiger partial charge in [-0.05, 0) is 56.0 Å². The molecule has 2 aromatic carbocycles. The topological polar surface area (TPSA) is 58.6 Å². The number of aryl methyl sites for hydroxylation is 1. The molecule has 1 unspecified atom stereocenters. The Bertz CT molecular complexity index is 790. The molecular weight excluding hydrogens is 338 g/mol. The van der Waals surface area contributed by atoms with E-state index in [2.05, 4.69) is 5.32 Å². The fraction of sp³-hybridized carbons (Fsp3) is 0.350. The van der Waals surface area contributed by atoms with Gasteiger partial charge in [0.05, 0.1) is 18.2 Å². The number of fused-ring (bicyclic) bond motifs is 1. The van der Waals surface area contributed by atoms with E-state index in [0.717, 1.165) is 17.5 Å². The third-order valence-electron chi connectivity index (χ3n) is 4.42. The molecule has 0 radical (unpaired) electrons. The first kappa shape index (κ1) is 17.8. The predicted octanol–water partition coefficient (Wildman–Crippen LogP) is 3.69. The summed E-state index contributed by atoms with van der Waals surface area (Å²) < 4.78 is 5.69. The maximum Gasteiger partial charge on any atom is 0.255 e. The molecule has 25 heavy (non-hydrogen) atoms. The predicted molar refractivity (Wildman–Crippen MR) is 98.2 cm³/mol. The van der Waals surface area contributed by atoms with Gasteiger partial charge in [-0.3, -0.25) is 4.79 Å². The molecule has 0 fully saturated rings. The molecule has 2 N–H and O–H groups in total. The van der Waals surface area contributed by atoms with Crippen molar-refractivity contribution < 1.29 is 14.6 Å². The molecule has 0 saturated heterocycles. The highest BCUT2D eigenvalue weighted by atomic mass is 35.5. The number of aliphatic hydroxyl groups is 1. The molecule has 0 aromatic heterocycles. The van der Waals surface area contributed by atoms with Crippen molar-refractivity contribution in [3.8, 4) is 5.75 Å². The van der Waals surface area contributed by atoms with E-state index >= 15 is 0 Å². The number of hydrogen-bond acceptors (Lipinski definition) is 3. The van der Waals surface area contributed by atoms with Gasteiger partial charge in [0.1, 0.15) is 11.4 Å². The van der Waals surface area contributed by atoms with E-state index < -0.39 is 5.60 Å². The Kier molecular flexibility index (Phi) is 5.02. The summed E-state index contributed by atoms with van der Waals surface area (Å²) in [6.07, 6.45) is 1.34. The standard InChI is InChI=1S/C20H22ClNO3/c1-13(2)25-18-8-7-15(21)11-16(18)19(23)22-12-20(24)10-9-14-5-3-4-6-17(14)20/h3-8,11,13,24H,9-10,12H2,1-2H3,(H,22,23). The first-order valence-electron chi connectivity index (χ1n) is 8.44. The summed E-state index contributed by atoms with van der Waals surface area (Å²) in [7, 11) is 0. The number of benzene rings is 2. The molecule has 1 aliphatic rings. The highest BCUT2D eigenvalue weighted by Crippen LogP contribution is 2.36. The molecule has 3 rings (SSSR count). The van der Waals surface area contributed by atoms with E-state index in [0.29, 0.717) is 22.8 Å². The Hall–Kier alpha value is -2.04. The summed E-state index contributed by atoms with van der Waals surface area (Å²) >= 11 is 6.03. The Morgan fingerprint density at radius 3 is 2.84 bits per heavy atom. The SMILES string of the molecule is CC(C)Oc1ccc(Cl)cc1C(=O)NCC1(O)CCc2ccccc21. The molecule has 0 heterocycles. The lowest BCUT2D eigenvalue weighted by Crippen LogP contribution is -2.39. The number of hydrogen-bond donors (Lipinski definition) is 2. The van der Waals surface area contributed by atoms with Crippen LogP contribution in [0.2, 0.25) is 5.02 Å². The molecule has 1 atom stereocenters. The van der Waals surface area contributed by atoms with Crippen molar-refractivity contribution in [2.24, 2.45) is 0 Å². The van der Waals surface area contributed by atoms with Crippen LogP contribution in [0, 0.1) is 0 Å². The maximum atomic E-state index is 12.6. The molecule has 1 amide bonds. The van der Waals surface area contributed by atoms with Gasteiger partial charge in [0.2, 0.25) is 0 Å². The summed E-state index contributed by atoms with van der Waals surface area (Å²) in [5.41, 5.74) is 1.35. The van der Waals surface area contributed by atoms with Gasteiger partial charge in [0.25, 0.3) is 5.91 Å². The molecule has 0 saturated carbocycles. The molecule has 5 heteroatoms. The van der Waals surface area contributed by atoms with E-state index in [1.54, 1.807) is 18.2 Å². The fourth-order valence-electron chi connectivity index (χ4n) is 3.21. The zero-order valence-corrected chi connectivity index (χ0v) is 15.1. The van der Waals surface area contributed by atoms with Crippen molar-refractivity contribution in [3.05, 3.63) is 64.2 Å². The number of halogens is 1. The molecular formula is C20H22ClNO3. The van der Waals surface area contributed by atoms with Gasteiger partial charge < -0.3 is 15.2 Å².